The van der Waals surface area contributed by atoms with Crippen molar-refractivity contribution in [1.29, 1.82) is 0 Å². The van der Waals surface area contributed by atoms with Crippen LogP contribution in [0.1, 0.15) is 32.6 Å². The Morgan fingerprint density at radius 2 is 2.38 bits per heavy atom. The fourth-order valence-electron chi connectivity index (χ4n) is 1.61. The molecule has 0 aromatic carbocycles. The van der Waals surface area contributed by atoms with E-state index in [4.69, 9.17) is 10.5 Å². The van der Waals surface area contributed by atoms with Crippen LogP contribution in [-0.2, 0) is 4.74 Å². The van der Waals surface area contributed by atoms with E-state index in [1.54, 1.807) is 0 Å². The first-order chi connectivity index (χ1) is 6.33. The molecule has 2 unspecified atom stereocenters. The second kappa shape index (κ2) is 6.35. The summed E-state index contributed by atoms with van der Waals surface area (Å²) in [6, 6.07) is 0.434. The maximum atomic E-state index is 5.62. The average Bonchev–Trinajstić information content (AvgIpc) is 2.19. The zero-order chi connectivity index (χ0) is 9.52. The first kappa shape index (κ1) is 11.0. The first-order valence-electron chi connectivity index (χ1n) is 5.38. The highest BCUT2D eigenvalue weighted by Gasteiger charge is 2.13. The van der Waals surface area contributed by atoms with Gasteiger partial charge in [-0.3, -0.25) is 0 Å². The molecule has 3 nitrogen and oxygen atoms in total. The summed E-state index contributed by atoms with van der Waals surface area (Å²) in [6.07, 6.45) is 5.43. The van der Waals surface area contributed by atoms with E-state index in [2.05, 4.69) is 12.2 Å². The van der Waals surface area contributed by atoms with Gasteiger partial charge in [0.05, 0.1) is 6.10 Å². The van der Waals surface area contributed by atoms with Gasteiger partial charge in [0.15, 0.2) is 0 Å². The van der Waals surface area contributed by atoms with Gasteiger partial charge in [0, 0.05) is 19.2 Å². The van der Waals surface area contributed by atoms with E-state index in [1.165, 1.54) is 19.3 Å². The standard InChI is InChI=1S/C10H22N2O/c1-9(8-11)12-6-5-10-4-2-3-7-13-10/h9-10,12H,2-8,11H2,1H3. The van der Waals surface area contributed by atoms with Crippen LogP contribution in [0.15, 0.2) is 0 Å². The Kier molecular flexibility index (Phi) is 5.35. The Morgan fingerprint density at radius 1 is 1.54 bits per heavy atom. The number of nitrogens with two attached hydrogens (primary N) is 1. The van der Waals surface area contributed by atoms with Crippen molar-refractivity contribution in [3.63, 3.8) is 0 Å². The first-order valence-corrected chi connectivity index (χ1v) is 5.38. The van der Waals surface area contributed by atoms with Crippen LogP contribution in [0.5, 0.6) is 0 Å². The Labute approximate surface area is 81.0 Å². The average molecular weight is 186 g/mol. The number of hydrogen-bond acceptors (Lipinski definition) is 3. The Hall–Kier alpha value is -0.120. The van der Waals surface area contributed by atoms with Crippen LogP contribution in [0.3, 0.4) is 0 Å². The van der Waals surface area contributed by atoms with E-state index in [9.17, 15) is 0 Å². The molecule has 0 amide bonds. The minimum atomic E-state index is 0.434. The smallest absolute Gasteiger partial charge is 0.0587 e. The number of nitrogens with one attached hydrogen (secondary N) is 1. The molecule has 13 heavy (non-hydrogen) atoms. The molecule has 1 saturated heterocycles. The molecule has 3 N–H and O–H groups in total. The van der Waals surface area contributed by atoms with E-state index in [0.717, 1.165) is 19.6 Å². The Bertz CT molecular complexity index is 124. The molecule has 0 bridgehead atoms. The fraction of sp³-hybridized carbons (Fsp3) is 1.00. The van der Waals surface area contributed by atoms with Gasteiger partial charge in [-0.05, 0) is 39.2 Å². The second-order valence-corrected chi connectivity index (χ2v) is 3.87. The van der Waals surface area contributed by atoms with Gasteiger partial charge in [0.25, 0.3) is 0 Å². The summed E-state index contributed by atoms with van der Waals surface area (Å²) >= 11 is 0. The SMILES string of the molecule is CC(CN)NCCC1CCCCO1. The van der Waals surface area contributed by atoms with Crippen LogP contribution in [0, 0.1) is 0 Å². The Morgan fingerprint density at radius 3 is 3.00 bits per heavy atom. The summed E-state index contributed by atoms with van der Waals surface area (Å²) < 4.78 is 5.62. The van der Waals surface area contributed by atoms with Gasteiger partial charge in [0.2, 0.25) is 0 Å². The summed E-state index contributed by atoms with van der Waals surface area (Å²) in [5.74, 6) is 0. The zero-order valence-electron chi connectivity index (χ0n) is 8.59. The molecule has 0 saturated carbocycles. The van der Waals surface area contributed by atoms with E-state index >= 15 is 0 Å². The van der Waals surface area contributed by atoms with Gasteiger partial charge in [-0.1, -0.05) is 0 Å². The third-order valence-electron chi connectivity index (χ3n) is 2.59. The minimum absolute atomic E-state index is 0.434. The minimum Gasteiger partial charge on any atom is -0.378 e. The lowest BCUT2D eigenvalue weighted by molar-refractivity contribution is 0.0113. The number of rotatable bonds is 5. The van der Waals surface area contributed by atoms with Crippen LogP contribution >= 0.6 is 0 Å². The molecule has 2 atom stereocenters. The molecule has 1 fully saturated rings. The third kappa shape index (κ3) is 4.60. The second-order valence-electron chi connectivity index (χ2n) is 3.87. The fourth-order valence-corrected chi connectivity index (χ4v) is 1.61. The molecule has 0 aromatic rings. The summed E-state index contributed by atoms with van der Waals surface area (Å²) in [5, 5.41) is 3.37. The van der Waals surface area contributed by atoms with Crippen LogP contribution in [0.25, 0.3) is 0 Å². The summed E-state index contributed by atoms with van der Waals surface area (Å²) in [6.45, 7) is 4.81. The van der Waals surface area contributed by atoms with Crippen molar-refractivity contribution in [3.05, 3.63) is 0 Å². The molecular formula is C10H22N2O. The quantitative estimate of drug-likeness (QED) is 0.670. The molecule has 0 radical (unpaired) electrons. The van der Waals surface area contributed by atoms with Crippen LogP contribution < -0.4 is 11.1 Å². The van der Waals surface area contributed by atoms with Crippen molar-refractivity contribution in [2.45, 2.75) is 44.8 Å². The summed E-state index contributed by atoms with van der Waals surface area (Å²) in [4.78, 5) is 0. The van der Waals surface area contributed by atoms with Gasteiger partial charge in [-0.15, -0.1) is 0 Å². The van der Waals surface area contributed by atoms with Gasteiger partial charge >= 0.3 is 0 Å². The molecule has 1 rings (SSSR count). The van der Waals surface area contributed by atoms with E-state index in [-0.39, 0.29) is 0 Å². The third-order valence-corrected chi connectivity index (χ3v) is 2.59. The lowest BCUT2D eigenvalue weighted by Crippen LogP contribution is -2.35. The van der Waals surface area contributed by atoms with E-state index in [1.807, 2.05) is 0 Å². The normalized spacial score (nSPS) is 25.8. The molecule has 78 valence electrons. The van der Waals surface area contributed by atoms with Crippen LogP contribution in [-0.4, -0.2) is 31.8 Å². The van der Waals surface area contributed by atoms with Crippen molar-refractivity contribution in [3.8, 4) is 0 Å². The van der Waals surface area contributed by atoms with Crippen LogP contribution in [0.2, 0.25) is 0 Å². The molecule has 1 aliphatic rings. The molecule has 1 heterocycles. The van der Waals surface area contributed by atoms with E-state index < -0.39 is 0 Å². The van der Waals surface area contributed by atoms with Gasteiger partial charge in [-0.2, -0.15) is 0 Å². The van der Waals surface area contributed by atoms with Crippen molar-refractivity contribution in [1.82, 2.24) is 5.32 Å². The van der Waals surface area contributed by atoms with Crippen molar-refractivity contribution < 1.29 is 4.74 Å². The highest BCUT2D eigenvalue weighted by Crippen LogP contribution is 2.14. The van der Waals surface area contributed by atoms with Gasteiger partial charge < -0.3 is 15.8 Å². The van der Waals surface area contributed by atoms with Crippen molar-refractivity contribution >= 4 is 0 Å². The predicted octanol–water partition coefficient (Wildman–Crippen LogP) is 0.882. The molecule has 0 aromatic heterocycles. The lowest BCUT2D eigenvalue weighted by Gasteiger charge is -2.23. The number of ether oxygens (including phenoxy) is 1. The van der Waals surface area contributed by atoms with Crippen LogP contribution in [0.4, 0.5) is 0 Å². The Balaban J connectivity index is 1.98. The summed E-state index contributed by atoms with van der Waals surface area (Å²) in [7, 11) is 0. The molecule has 0 spiro atoms. The molecule has 3 heteroatoms. The van der Waals surface area contributed by atoms with Gasteiger partial charge in [0.1, 0.15) is 0 Å². The largest absolute Gasteiger partial charge is 0.378 e. The van der Waals surface area contributed by atoms with Gasteiger partial charge in [-0.25, -0.2) is 0 Å². The maximum Gasteiger partial charge on any atom is 0.0587 e. The van der Waals surface area contributed by atoms with Crippen molar-refractivity contribution in [2.24, 2.45) is 5.73 Å². The predicted molar refractivity (Wildman–Crippen MR) is 54.7 cm³/mol. The maximum absolute atomic E-state index is 5.62. The zero-order valence-corrected chi connectivity index (χ0v) is 8.59. The monoisotopic (exact) mass is 186 g/mol. The molecule has 1 aliphatic heterocycles. The lowest BCUT2D eigenvalue weighted by atomic mass is 10.1. The molecule has 0 aliphatic carbocycles. The highest BCUT2D eigenvalue weighted by molar-refractivity contribution is 4.67. The summed E-state index contributed by atoms with van der Waals surface area (Å²) in [5.41, 5.74) is 5.50. The van der Waals surface area contributed by atoms with E-state index in [0.29, 0.717) is 18.7 Å². The highest BCUT2D eigenvalue weighted by atomic mass is 16.5. The van der Waals surface area contributed by atoms with Crippen molar-refractivity contribution in [2.75, 3.05) is 19.7 Å². The number of hydrogen-bond donors (Lipinski definition) is 2. The topological polar surface area (TPSA) is 47.3 Å². The molecular weight excluding hydrogens is 164 g/mol.